The van der Waals surface area contributed by atoms with E-state index in [1.54, 1.807) is 12.1 Å². The zero-order valence-electron chi connectivity index (χ0n) is 16.6. The number of aromatic nitrogens is 1. The van der Waals surface area contributed by atoms with Crippen molar-refractivity contribution in [2.45, 2.75) is 13.3 Å². The fourth-order valence-corrected chi connectivity index (χ4v) is 4.60. The van der Waals surface area contributed by atoms with Crippen molar-refractivity contribution >= 4 is 38.3 Å². The van der Waals surface area contributed by atoms with Crippen molar-refractivity contribution in [1.82, 2.24) is 4.98 Å². The van der Waals surface area contributed by atoms with Gasteiger partial charge in [-0.05, 0) is 52.7 Å². The van der Waals surface area contributed by atoms with Crippen LogP contribution < -0.4 is 24.3 Å². The second-order valence-corrected chi connectivity index (χ2v) is 8.42. The number of thiazole rings is 1. The smallest absolute Gasteiger partial charge is 0.257 e. The summed E-state index contributed by atoms with van der Waals surface area (Å²) in [6.45, 7) is 2.18. The molecule has 0 unspecified atom stereocenters. The van der Waals surface area contributed by atoms with Gasteiger partial charge in [-0.1, -0.05) is 6.07 Å². The molecule has 4 rings (SSSR count). The molecule has 1 amide bonds. The van der Waals surface area contributed by atoms with Crippen LogP contribution in [0.4, 0.5) is 5.13 Å². The molecule has 156 valence electrons. The number of halogens is 1. The van der Waals surface area contributed by atoms with Crippen molar-refractivity contribution in [1.29, 1.82) is 0 Å². The van der Waals surface area contributed by atoms with E-state index in [9.17, 15) is 4.79 Å². The predicted octanol–water partition coefficient (Wildman–Crippen LogP) is 4.80. The van der Waals surface area contributed by atoms with Crippen LogP contribution in [0.5, 0.6) is 23.0 Å². The first-order chi connectivity index (χ1) is 14.5. The van der Waals surface area contributed by atoms with E-state index in [-0.39, 0.29) is 12.7 Å². The van der Waals surface area contributed by atoms with E-state index in [1.165, 1.54) is 25.6 Å². The molecule has 30 heavy (non-hydrogen) atoms. The van der Waals surface area contributed by atoms with Gasteiger partial charge in [-0.25, -0.2) is 4.98 Å². The van der Waals surface area contributed by atoms with Crippen LogP contribution in [0.2, 0.25) is 0 Å². The highest BCUT2D eigenvalue weighted by atomic mass is 79.9. The fourth-order valence-electron chi connectivity index (χ4n) is 3.05. The summed E-state index contributed by atoms with van der Waals surface area (Å²) >= 11 is 4.85. The molecule has 0 saturated heterocycles. The van der Waals surface area contributed by atoms with Crippen LogP contribution in [-0.4, -0.2) is 31.9 Å². The number of amides is 1. The molecule has 1 aromatic heterocycles. The number of hydrogen-bond donors (Lipinski definition) is 1. The summed E-state index contributed by atoms with van der Waals surface area (Å²) in [5.74, 6) is 2.24. The number of aryl methyl sites for hydroxylation is 1. The van der Waals surface area contributed by atoms with Crippen molar-refractivity contribution in [3.05, 3.63) is 56.5 Å². The van der Waals surface area contributed by atoms with E-state index in [2.05, 4.69) is 26.2 Å². The van der Waals surface area contributed by atoms with Crippen molar-refractivity contribution in [3.63, 3.8) is 0 Å². The Morgan fingerprint density at radius 3 is 2.57 bits per heavy atom. The van der Waals surface area contributed by atoms with Gasteiger partial charge < -0.3 is 18.9 Å². The summed E-state index contributed by atoms with van der Waals surface area (Å²) in [5.41, 5.74) is 2.38. The molecule has 0 bridgehead atoms. The quantitative estimate of drug-likeness (QED) is 0.534. The van der Waals surface area contributed by atoms with Gasteiger partial charge in [0.1, 0.15) is 16.0 Å². The zero-order valence-corrected chi connectivity index (χ0v) is 19.0. The second kappa shape index (κ2) is 8.53. The SMILES string of the molecule is COc1cc(C(=O)Nc2nc(C)c(Cc3ccc4c(c3)OCO4)s2)cc(OC)c1Br. The molecule has 0 spiro atoms. The molecule has 7 nitrogen and oxygen atoms in total. The van der Waals surface area contributed by atoms with Crippen molar-refractivity contribution in [3.8, 4) is 23.0 Å². The minimum atomic E-state index is -0.289. The van der Waals surface area contributed by atoms with Crippen molar-refractivity contribution in [2.75, 3.05) is 26.3 Å². The maximum Gasteiger partial charge on any atom is 0.257 e. The highest BCUT2D eigenvalue weighted by Gasteiger charge is 2.18. The lowest BCUT2D eigenvalue weighted by Gasteiger charge is -2.11. The van der Waals surface area contributed by atoms with Gasteiger partial charge in [-0.15, -0.1) is 11.3 Å². The Kier molecular flexibility index (Phi) is 5.83. The lowest BCUT2D eigenvalue weighted by molar-refractivity contribution is 0.102. The summed E-state index contributed by atoms with van der Waals surface area (Å²) in [4.78, 5) is 18.3. The molecular formula is C21H19BrN2O5S. The first kappa shape index (κ1) is 20.5. The largest absolute Gasteiger partial charge is 0.495 e. The molecule has 0 saturated carbocycles. The molecule has 2 heterocycles. The first-order valence-electron chi connectivity index (χ1n) is 9.06. The van der Waals surface area contributed by atoms with E-state index < -0.39 is 0 Å². The monoisotopic (exact) mass is 490 g/mol. The van der Waals surface area contributed by atoms with Gasteiger partial charge in [0.2, 0.25) is 6.79 Å². The summed E-state index contributed by atoms with van der Waals surface area (Å²) in [6, 6.07) is 9.18. The third-order valence-corrected chi connectivity index (χ3v) is 6.48. The van der Waals surface area contributed by atoms with Gasteiger partial charge in [0, 0.05) is 16.9 Å². The van der Waals surface area contributed by atoms with Crippen molar-refractivity contribution < 1.29 is 23.7 Å². The number of benzene rings is 2. The summed E-state index contributed by atoms with van der Waals surface area (Å²) in [6.07, 6.45) is 0.690. The topological polar surface area (TPSA) is 78.9 Å². The standard InChI is InChI=1S/C21H19BrN2O5S/c1-11-18(7-12-4-5-14-15(6-12)29-10-28-14)30-21(23-11)24-20(25)13-8-16(26-2)19(22)17(9-13)27-3/h4-6,8-9H,7,10H2,1-3H3,(H,23,24,25). The molecule has 2 aromatic carbocycles. The van der Waals surface area contributed by atoms with E-state index in [4.69, 9.17) is 18.9 Å². The maximum absolute atomic E-state index is 12.8. The average Bonchev–Trinajstić information content (AvgIpc) is 3.34. The normalized spacial score (nSPS) is 12.0. The van der Waals surface area contributed by atoms with Crippen LogP contribution in [0.25, 0.3) is 0 Å². The number of nitrogens with zero attached hydrogens (tertiary/aromatic N) is 1. The number of rotatable bonds is 6. The van der Waals surface area contributed by atoms with Crippen LogP contribution in [0.15, 0.2) is 34.8 Å². The minimum absolute atomic E-state index is 0.250. The number of nitrogens with one attached hydrogen (secondary N) is 1. The van der Waals surface area contributed by atoms with Gasteiger partial charge in [0.25, 0.3) is 5.91 Å². The molecular weight excluding hydrogens is 472 g/mol. The van der Waals surface area contributed by atoms with E-state index in [0.29, 0.717) is 33.1 Å². The Morgan fingerprint density at radius 2 is 1.87 bits per heavy atom. The van der Waals surface area contributed by atoms with Crippen LogP contribution in [0, 0.1) is 6.92 Å². The maximum atomic E-state index is 12.8. The Balaban J connectivity index is 1.52. The third kappa shape index (κ3) is 4.08. The Labute approximate surface area is 186 Å². The minimum Gasteiger partial charge on any atom is -0.495 e. The van der Waals surface area contributed by atoms with Crippen LogP contribution in [0.1, 0.15) is 26.5 Å². The van der Waals surface area contributed by atoms with Gasteiger partial charge >= 0.3 is 0 Å². The van der Waals surface area contributed by atoms with E-state index in [0.717, 1.165) is 27.6 Å². The van der Waals surface area contributed by atoms with Gasteiger partial charge in [0.05, 0.1) is 19.9 Å². The van der Waals surface area contributed by atoms with Crippen LogP contribution in [-0.2, 0) is 6.42 Å². The zero-order chi connectivity index (χ0) is 21.3. The molecule has 3 aromatic rings. The van der Waals surface area contributed by atoms with Gasteiger partial charge in [-0.3, -0.25) is 10.1 Å². The third-order valence-electron chi connectivity index (χ3n) is 4.62. The lowest BCUT2D eigenvalue weighted by atomic mass is 10.1. The number of fused-ring (bicyclic) bond motifs is 1. The Bertz CT molecular complexity index is 1090. The number of carbonyl (C=O) groups excluding carboxylic acids is 1. The highest BCUT2D eigenvalue weighted by Crippen LogP contribution is 2.36. The molecule has 0 aliphatic carbocycles. The van der Waals surface area contributed by atoms with Crippen LogP contribution in [0.3, 0.4) is 0 Å². The van der Waals surface area contributed by atoms with Crippen molar-refractivity contribution in [2.24, 2.45) is 0 Å². The summed E-state index contributed by atoms with van der Waals surface area (Å²) < 4.78 is 22.1. The van der Waals surface area contributed by atoms with Gasteiger partial charge in [-0.2, -0.15) is 0 Å². The Hall–Kier alpha value is -2.78. The molecule has 0 atom stereocenters. The molecule has 0 radical (unpaired) electrons. The number of carbonyl (C=O) groups is 1. The number of ether oxygens (including phenoxy) is 4. The molecule has 1 aliphatic heterocycles. The van der Waals surface area contributed by atoms with E-state index >= 15 is 0 Å². The average molecular weight is 491 g/mol. The lowest BCUT2D eigenvalue weighted by Crippen LogP contribution is -2.12. The number of anilines is 1. The summed E-state index contributed by atoms with van der Waals surface area (Å²) in [7, 11) is 3.07. The number of methoxy groups -OCH3 is 2. The van der Waals surface area contributed by atoms with Crippen LogP contribution >= 0.6 is 27.3 Å². The van der Waals surface area contributed by atoms with Gasteiger partial charge in [0.15, 0.2) is 16.6 Å². The molecule has 0 fully saturated rings. The Morgan fingerprint density at radius 1 is 1.17 bits per heavy atom. The number of hydrogen-bond acceptors (Lipinski definition) is 7. The highest BCUT2D eigenvalue weighted by molar-refractivity contribution is 9.10. The summed E-state index contributed by atoms with van der Waals surface area (Å²) in [5, 5.41) is 3.40. The predicted molar refractivity (Wildman–Crippen MR) is 117 cm³/mol. The first-order valence-corrected chi connectivity index (χ1v) is 10.7. The van der Waals surface area contributed by atoms with E-state index in [1.807, 2.05) is 25.1 Å². The molecule has 1 aliphatic rings. The second-order valence-electron chi connectivity index (χ2n) is 6.54. The molecule has 1 N–H and O–H groups in total. The molecule has 9 heteroatoms. The fraction of sp³-hybridized carbons (Fsp3) is 0.238.